The van der Waals surface area contributed by atoms with Gasteiger partial charge in [-0.05, 0) is 45.0 Å². The van der Waals surface area contributed by atoms with E-state index in [1.54, 1.807) is 18.2 Å². The topological polar surface area (TPSA) is 127 Å². The number of hydrogen-bond donors (Lipinski definition) is 3. The van der Waals surface area contributed by atoms with Gasteiger partial charge in [0.05, 0.1) is 7.11 Å². The molecule has 0 aromatic carbocycles. The van der Waals surface area contributed by atoms with Crippen molar-refractivity contribution in [2.45, 2.75) is 32.5 Å². The summed E-state index contributed by atoms with van der Waals surface area (Å²) in [7, 11) is 1.22. The van der Waals surface area contributed by atoms with Crippen LogP contribution in [0.25, 0.3) is 11.5 Å². The van der Waals surface area contributed by atoms with Crippen LogP contribution in [-0.4, -0.2) is 43.7 Å². The molecule has 0 fully saturated rings. The van der Waals surface area contributed by atoms with Crippen molar-refractivity contribution in [1.82, 2.24) is 24.9 Å². The zero-order valence-corrected chi connectivity index (χ0v) is 18.2. The number of ether oxygens (including phenoxy) is 1. The van der Waals surface area contributed by atoms with Crippen LogP contribution in [0.5, 0.6) is 0 Å². The minimum absolute atomic E-state index is 0.0146. The molecule has 0 saturated carbocycles. The second kappa shape index (κ2) is 9.22. The van der Waals surface area contributed by atoms with Gasteiger partial charge >= 0.3 is 12.3 Å². The number of amides is 1. The summed E-state index contributed by atoms with van der Waals surface area (Å²) < 4.78 is 43.6. The number of halogens is 3. The van der Waals surface area contributed by atoms with Crippen molar-refractivity contribution < 1.29 is 22.7 Å². The Balaban J connectivity index is 2.00. The molecule has 3 heterocycles. The molecule has 33 heavy (non-hydrogen) atoms. The lowest BCUT2D eigenvalue weighted by Gasteiger charge is -2.21. The second-order valence-corrected chi connectivity index (χ2v) is 7.76. The fourth-order valence-corrected chi connectivity index (χ4v) is 2.51. The van der Waals surface area contributed by atoms with Crippen molar-refractivity contribution in [2.75, 3.05) is 23.1 Å². The Kier molecular flexibility index (Phi) is 6.60. The number of rotatable bonds is 5. The molecule has 0 bridgehead atoms. The molecule has 10 nitrogen and oxygen atoms in total. The van der Waals surface area contributed by atoms with Gasteiger partial charge in [-0.15, -0.1) is 0 Å². The molecular formula is C20H21F3N8O2. The SMILES string of the molecule is COC(=O)Nc1cccc(-c2nc(Nc3ccnc(C(F)(F)F)c3)nc(NC(C)(C)C)n2)n1. The van der Waals surface area contributed by atoms with Crippen molar-refractivity contribution >= 4 is 29.5 Å². The highest BCUT2D eigenvalue weighted by molar-refractivity contribution is 5.83. The van der Waals surface area contributed by atoms with Gasteiger partial charge in [0.1, 0.15) is 17.2 Å². The number of alkyl halides is 3. The first kappa shape index (κ1) is 23.6. The molecule has 3 N–H and O–H groups in total. The highest BCUT2D eigenvalue weighted by atomic mass is 19.4. The molecule has 3 aromatic rings. The van der Waals surface area contributed by atoms with Crippen molar-refractivity contribution in [3.8, 4) is 11.5 Å². The zero-order chi connectivity index (χ0) is 24.2. The predicted molar refractivity (Wildman–Crippen MR) is 115 cm³/mol. The summed E-state index contributed by atoms with van der Waals surface area (Å²) >= 11 is 0. The Bertz CT molecular complexity index is 1150. The Hall–Kier alpha value is -4.03. The molecule has 0 radical (unpaired) electrons. The second-order valence-electron chi connectivity index (χ2n) is 7.76. The maximum Gasteiger partial charge on any atom is 0.433 e. The predicted octanol–water partition coefficient (Wildman–Crippen LogP) is 4.48. The van der Waals surface area contributed by atoms with E-state index < -0.39 is 23.5 Å². The Morgan fingerprint density at radius 2 is 1.73 bits per heavy atom. The number of methoxy groups -OCH3 is 1. The maximum atomic E-state index is 13.0. The number of nitrogens with one attached hydrogen (secondary N) is 3. The van der Waals surface area contributed by atoms with Crippen LogP contribution < -0.4 is 16.0 Å². The molecule has 1 amide bonds. The Morgan fingerprint density at radius 3 is 2.39 bits per heavy atom. The number of carbonyl (C=O) groups excluding carboxylic acids is 1. The number of aromatic nitrogens is 5. The number of hydrogen-bond acceptors (Lipinski definition) is 9. The molecule has 0 aliphatic rings. The molecule has 3 aromatic heterocycles. The van der Waals surface area contributed by atoms with E-state index in [0.29, 0.717) is 0 Å². The van der Waals surface area contributed by atoms with Crippen LogP contribution in [0.2, 0.25) is 0 Å². The molecule has 0 spiro atoms. The van der Waals surface area contributed by atoms with Gasteiger partial charge in [-0.25, -0.2) is 9.78 Å². The zero-order valence-electron chi connectivity index (χ0n) is 18.2. The van der Waals surface area contributed by atoms with Crippen LogP contribution in [0.3, 0.4) is 0 Å². The minimum atomic E-state index is -4.60. The molecule has 0 aliphatic carbocycles. The number of carbonyl (C=O) groups is 1. The van der Waals surface area contributed by atoms with Crippen LogP contribution in [-0.2, 0) is 10.9 Å². The molecule has 0 saturated heterocycles. The monoisotopic (exact) mass is 462 g/mol. The lowest BCUT2D eigenvalue weighted by atomic mass is 10.1. The summed E-state index contributed by atoms with van der Waals surface area (Å²) in [4.78, 5) is 32.0. The van der Waals surface area contributed by atoms with Gasteiger partial charge in [0, 0.05) is 17.4 Å². The van der Waals surface area contributed by atoms with Crippen molar-refractivity contribution in [1.29, 1.82) is 0 Å². The van der Waals surface area contributed by atoms with Gasteiger partial charge in [-0.1, -0.05) is 6.07 Å². The fraction of sp³-hybridized carbons (Fsp3) is 0.300. The lowest BCUT2D eigenvalue weighted by molar-refractivity contribution is -0.141. The van der Waals surface area contributed by atoms with Crippen molar-refractivity contribution in [3.63, 3.8) is 0 Å². The van der Waals surface area contributed by atoms with E-state index in [-0.39, 0.29) is 34.9 Å². The molecule has 13 heteroatoms. The van der Waals surface area contributed by atoms with Crippen molar-refractivity contribution in [3.05, 3.63) is 42.2 Å². The highest BCUT2D eigenvalue weighted by Crippen LogP contribution is 2.29. The van der Waals surface area contributed by atoms with Crippen LogP contribution in [0.15, 0.2) is 36.5 Å². The fourth-order valence-electron chi connectivity index (χ4n) is 2.51. The lowest BCUT2D eigenvalue weighted by Crippen LogP contribution is -2.27. The molecule has 0 aliphatic heterocycles. The average Bonchev–Trinajstić information content (AvgIpc) is 2.72. The maximum absolute atomic E-state index is 13.0. The summed E-state index contributed by atoms with van der Waals surface area (Å²) in [6.07, 6.45) is -4.27. The average molecular weight is 462 g/mol. The van der Waals surface area contributed by atoms with Crippen LogP contribution in [0.1, 0.15) is 26.5 Å². The number of anilines is 4. The van der Waals surface area contributed by atoms with Crippen LogP contribution >= 0.6 is 0 Å². The van der Waals surface area contributed by atoms with Gasteiger partial charge in [0.15, 0.2) is 5.82 Å². The number of nitrogens with zero attached hydrogens (tertiary/aromatic N) is 5. The van der Waals surface area contributed by atoms with Crippen LogP contribution in [0.4, 0.5) is 41.4 Å². The van der Waals surface area contributed by atoms with E-state index in [2.05, 4.69) is 45.6 Å². The Labute approximate surface area is 187 Å². The third kappa shape index (κ3) is 6.72. The first-order valence-electron chi connectivity index (χ1n) is 9.60. The summed E-state index contributed by atoms with van der Waals surface area (Å²) in [6, 6.07) is 6.98. The molecule has 3 rings (SSSR count). The minimum Gasteiger partial charge on any atom is -0.453 e. The molecule has 0 unspecified atom stereocenters. The van der Waals surface area contributed by atoms with E-state index in [1.165, 1.54) is 13.2 Å². The quantitative estimate of drug-likeness (QED) is 0.503. The molecule has 0 atom stereocenters. The van der Waals surface area contributed by atoms with E-state index in [1.807, 2.05) is 20.8 Å². The van der Waals surface area contributed by atoms with E-state index in [4.69, 9.17) is 0 Å². The summed E-state index contributed by atoms with van der Waals surface area (Å²) in [6.45, 7) is 5.67. The summed E-state index contributed by atoms with van der Waals surface area (Å²) in [5, 5.41) is 8.29. The van der Waals surface area contributed by atoms with Gasteiger partial charge in [-0.3, -0.25) is 10.3 Å². The molecular weight excluding hydrogens is 441 g/mol. The van der Waals surface area contributed by atoms with E-state index in [0.717, 1.165) is 12.3 Å². The highest BCUT2D eigenvalue weighted by Gasteiger charge is 2.32. The van der Waals surface area contributed by atoms with Gasteiger partial charge in [0.25, 0.3) is 0 Å². The third-order valence-electron chi connectivity index (χ3n) is 3.82. The summed E-state index contributed by atoms with van der Waals surface area (Å²) in [5.74, 6) is 0.480. The van der Waals surface area contributed by atoms with Gasteiger partial charge in [0.2, 0.25) is 11.9 Å². The molecule has 174 valence electrons. The summed E-state index contributed by atoms with van der Waals surface area (Å²) in [5.41, 5.74) is -1.10. The largest absolute Gasteiger partial charge is 0.453 e. The first-order chi connectivity index (χ1) is 15.4. The van der Waals surface area contributed by atoms with Gasteiger partial charge in [-0.2, -0.15) is 28.1 Å². The van der Waals surface area contributed by atoms with Crippen molar-refractivity contribution in [2.24, 2.45) is 0 Å². The Morgan fingerprint density at radius 1 is 1.00 bits per heavy atom. The third-order valence-corrected chi connectivity index (χ3v) is 3.82. The first-order valence-corrected chi connectivity index (χ1v) is 9.60. The number of pyridine rings is 2. The standard InChI is InChI=1S/C20H21F3N8O2/c1-19(2,3)31-17-29-15(12-6-5-7-14(26-12)27-18(32)33-4)28-16(30-17)25-11-8-9-24-13(10-11)20(21,22)23/h5-10H,1-4H3,(H,26,27,32)(H2,24,25,28,29,30,31). The van der Waals surface area contributed by atoms with E-state index in [9.17, 15) is 18.0 Å². The van der Waals surface area contributed by atoms with E-state index >= 15 is 0 Å². The van der Waals surface area contributed by atoms with Gasteiger partial charge < -0.3 is 15.4 Å². The van der Waals surface area contributed by atoms with Crippen LogP contribution in [0, 0.1) is 0 Å². The normalized spacial score (nSPS) is 11.6. The smallest absolute Gasteiger partial charge is 0.433 e.